The zero-order chi connectivity index (χ0) is 10.8. The Hall–Kier alpha value is -1.44. The van der Waals surface area contributed by atoms with E-state index in [-0.39, 0.29) is 0 Å². The summed E-state index contributed by atoms with van der Waals surface area (Å²) in [4.78, 5) is 0. The molecule has 2 aromatic heterocycles. The second-order valence-corrected chi connectivity index (χ2v) is 4.58. The van der Waals surface area contributed by atoms with Crippen LogP contribution in [0.2, 0.25) is 0 Å². The van der Waals surface area contributed by atoms with Crippen LogP contribution in [0.15, 0.2) is 45.6 Å². The molecule has 1 aliphatic rings. The molecule has 16 heavy (non-hydrogen) atoms. The fraction of sp³-hybridized carbons (Fsp3) is 0.429. The summed E-state index contributed by atoms with van der Waals surface area (Å²) in [6.07, 6.45) is 8.37. The quantitative estimate of drug-likeness (QED) is 0.747. The first kappa shape index (κ1) is 9.76. The molecule has 0 amide bonds. The van der Waals surface area contributed by atoms with Crippen LogP contribution in [-0.2, 0) is 0 Å². The maximum atomic E-state index is 5.48. The van der Waals surface area contributed by atoms with Crippen molar-refractivity contribution in [3.8, 4) is 0 Å². The van der Waals surface area contributed by atoms with E-state index in [1.54, 1.807) is 12.5 Å². The smallest absolute Gasteiger partial charge is 0.106 e. The fourth-order valence-corrected chi connectivity index (χ4v) is 2.71. The Morgan fingerprint density at radius 2 is 1.19 bits per heavy atom. The molecule has 2 heteroatoms. The van der Waals surface area contributed by atoms with Gasteiger partial charge in [0, 0.05) is 11.8 Å². The van der Waals surface area contributed by atoms with Crippen molar-refractivity contribution in [2.75, 3.05) is 0 Å². The number of hydrogen-bond donors (Lipinski definition) is 0. The number of rotatable bonds is 2. The van der Waals surface area contributed by atoms with E-state index in [2.05, 4.69) is 12.1 Å². The van der Waals surface area contributed by atoms with Gasteiger partial charge >= 0.3 is 0 Å². The molecule has 0 radical (unpaired) electrons. The SMILES string of the molecule is c1coc(C2CCC(c3ccco3)CC2)c1. The Morgan fingerprint density at radius 1 is 0.750 bits per heavy atom. The summed E-state index contributed by atoms with van der Waals surface area (Å²) in [5.74, 6) is 3.53. The highest BCUT2D eigenvalue weighted by Crippen LogP contribution is 2.40. The highest BCUT2D eigenvalue weighted by molar-refractivity contribution is 5.11. The third kappa shape index (κ3) is 1.80. The normalized spacial score (nSPS) is 25.8. The van der Waals surface area contributed by atoms with Gasteiger partial charge in [-0.2, -0.15) is 0 Å². The lowest BCUT2D eigenvalue weighted by Gasteiger charge is -2.25. The van der Waals surface area contributed by atoms with Gasteiger partial charge in [0.2, 0.25) is 0 Å². The monoisotopic (exact) mass is 216 g/mol. The zero-order valence-electron chi connectivity index (χ0n) is 9.26. The first-order valence-electron chi connectivity index (χ1n) is 6.00. The third-order valence-electron chi connectivity index (χ3n) is 3.62. The van der Waals surface area contributed by atoms with Crippen molar-refractivity contribution in [2.45, 2.75) is 37.5 Å². The standard InChI is InChI=1S/C14H16O2/c1-3-13(15-9-1)11-5-7-12(8-6-11)14-4-2-10-16-14/h1-4,9-12H,5-8H2. The van der Waals surface area contributed by atoms with Crippen molar-refractivity contribution in [1.29, 1.82) is 0 Å². The van der Waals surface area contributed by atoms with Crippen molar-refractivity contribution < 1.29 is 8.83 Å². The molecule has 1 saturated carbocycles. The molecule has 2 nitrogen and oxygen atoms in total. The van der Waals surface area contributed by atoms with E-state index < -0.39 is 0 Å². The van der Waals surface area contributed by atoms with Crippen LogP contribution in [0.4, 0.5) is 0 Å². The van der Waals surface area contributed by atoms with Gasteiger partial charge in [0.15, 0.2) is 0 Å². The highest BCUT2D eigenvalue weighted by atomic mass is 16.3. The van der Waals surface area contributed by atoms with Crippen LogP contribution in [0.1, 0.15) is 49.0 Å². The molecular formula is C14H16O2. The lowest BCUT2D eigenvalue weighted by Crippen LogP contribution is -2.11. The Kier molecular flexibility index (Phi) is 2.56. The summed E-state index contributed by atoms with van der Waals surface area (Å²) in [6, 6.07) is 8.15. The van der Waals surface area contributed by atoms with Crippen LogP contribution in [0, 0.1) is 0 Å². The summed E-state index contributed by atoms with van der Waals surface area (Å²) in [6.45, 7) is 0. The van der Waals surface area contributed by atoms with E-state index in [9.17, 15) is 0 Å². The average Bonchev–Trinajstić information content (AvgIpc) is 3.03. The van der Waals surface area contributed by atoms with Gasteiger partial charge in [-0.3, -0.25) is 0 Å². The van der Waals surface area contributed by atoms with E-state index >= 15 is 0 Å². The highest BCUT2D eigenvalue weighted by Gasteiger charge is 2.26. The molecule has 84 valence electrons. The summed E-state index contributed by atoms with van der Waals surface area (Å²) < 4.78 is 11.0. The predicted molar refractivity (Wildman–Crippen MR) is 61.4 cm³/mol. The minimum absolute atomic E-state index is 0.612. The molecule has 0 aliphatic heterocycles. The third-order valence-corrected chi connectivity index (χ3v) is 3.62. The van der Waals surface area contributed by atoms with Crippen LogP contribution in [0.5, 0.6) is 0 Å². The minimum atomic E-state index is 0.612. The number of hydrogen-bond acceptors (Lipinski definition) is 2. The van der Waals surface area contributed by atoms with E-state index in [1.165, 1.54) is 25.7 Å². The Morgan fingerprint density at radius 3 is 1.50 bits per heavy atom. The van der Waals surface area contributed by atoms with Crippen LogP contribution in [-0.4, -0.2) is 0 Å². The molecule has 0 saturated heterocycles. The molecule has 1 aliphatic carbocycles. The molecule has 1 fully saturated rings. The van der Waals surface area contributed by atoms with Crippen molar-refractivity contribution in [3.05, 3.63) is 48.3 Å². The lowest BCUT2D eigenvalue weighted by molar-refractivity contribution is 0.319. The van der Waals surface area contributed by atoms with E-state index in [1.807, 2.05) is 12.1 Å². The van der Waals surface area contributed by atoms with Gasteiger partial charge in [-0.25, -0.2) is 0 Å². The zero-order valence-corrected chi connectivity index (χ0v) is 9.26. The molecule has 2 heterocycles. The van der Waals surface area contributed by atoms with E-state index in [4.69, 9.17) is 8.83 Å². The van der Waals surface area contributed by atoms with Gasteiger partial charge in [0.05, 0.1) is 12.5 Å². The molecule has 0 bridgehead atoms. The summed E-state index contributed by atoms with van der Waals surface area (Å²) >= 11 is 0. The van der Waals surface area contributed by atoms with Gasteiger partial charge in [0.1, 0.15) is 11.5 Å². The lowest BCUT2D eigenvalue weighted by atomic mass is 9.80. The topological polar surface area (TPSA) is 26.3 Å². The first-order chi connectivity index (χ1) is 7.93. The van der Waals surface area contributed by atoms with Crippen LogP contribution in [0.3, 0.4) is 0 Å². The van der Waals surface area contributed by atoms with Gasteiger partial charge in [-0.05, 0) is 49.9 Å². The van der Waals surface area contributed by atoms with Crippen molar-refractivity contribution >= 4 is 0 Å². The fourth-order valence-electron chi connectivity index (χ4n) is 2.71. The van der Waals surface area contributed by atoms with Crippen LogP contribution in [0.25, 0.3) is 0 Å². The van der Waals surface area contributed by atoms with Gasteiger partial charge < -0.3 is 8.83 Å². The van der Waals surface area contributed by atoms with Crippen molar-refractivity contribution in [2.24, 2.45) is 0 Å². The maximum Gasteiger partial charge on any atom is 0.106 e. The van der Waals surface area contributed by atoms with Crippen molar-refractivity contribution in [1.82, 2.24) is 0 Å². The summed E-state index contributed by atoms with van der Waals surface area (Å²) in [5.41, 5.74) is 0. The van der Waals surface area contributed by atoms with Crippen LogP contribution >= 0.6 is 0 Å². The molecule has 0 unspecified atom stereocenters. The molecule has 3 rings (SSSR count). The Bertz CT molecular complexity index is 363. The average molecular weight is 216 g/mol. The minimum Gasteiger partial charge on any atom is -0.469 e. The van der Waals surface area contributed by atoms with Crippen LogP contribution < -0.4 is 0 Å². The molecule has 0 aromatic carbocycles. The molecule has 0 N–H and O–H groups in total. The summed E-state index contributed by atoms with van der Waals surface area (Å²) in [5, 5.41) is 0. The molecule has 0 spiro atoms. The van der Waals surface area contributed by atoms with Crippen molar-refractivity contribution in [3.63, 3.8) is 0 Å². The van der Waals surface area contributed by atoms with Gasteiger partial charge in [-0.1, -0.05) is 0 Å². The second kappa shape index (κ2) is 4.20. The Balaban J connectivity index is 1.64. The summed E-state index contributed by atoms with van der Waals surface area (Å²) in [7, 11) is 0. The second-order valence-electron chi connectivity index (χ2n) is 4.58. The predicted octanol–water partition coefficient (Wildman–Crippen LogP) is 4.31. The maximum absolute atomic E-state index is 5.48. The largest absolute Gasteiger partial charge is 0.469 e. The molecule has 2 aromatic rings. The first-order valence-corrected chi connectivity index (χ1v) is 6.00. The van der Waals surface area contributed by atoms with E-state index in [0.29, 0.717) is 11.8 Å². The van der Waals surface area contributed by atoms with Gasteiger partial charge in [0.25, 0.3) is 0 Å². The van der Waals surface area contributed by atoms with Gasteiger partial charge in [-0.15, -0.1) is 0 Å². The number of furan rings is 2. The van der Waals surface area contributed by atoms with E-state index in [0.717, 1.165) is 11.5 Å². The Labute approximate surface area is 95.3 Å². The molecular weight excluding hydrogens is 200 g/mol. The molecule has 0 atom stereocenters.